The van der Waals surface area contributed by atoms with Crippen LogP contribution in [0.5, 0.6) is 11.6 Å². The molecule has 10 nitrogen and oxygen atoms in total. The zero-order valence-electron chi connectivity index (χ0n) is 24.1. The number of morpholine rings is 1. The number of urea groups is 1. The lowest BCUT2D eigenvalue weighted by molar-refractivity contribution is 0.122. The molecule has 1 aliphatic rings. The van der Waals surface area contributed by atoms with E-state index in [1.165, 1.54) is 5.56 Å². The van der Waals surface area contributed by atoms with Crippen LogP contribution in [0.1, 0.15) is 44.5 Å². The summed E-state index contributed by atoms with van der Waals surface area (Å²) >= 11 is 0. The summed E-state index contributed by atoms with van der Waals surface area (Å²) in [6, 6.07) is 19.1. The van der Waals surface area contributed by atoms with Gasteiger partial charge in [0.2, 0.25) is 11.8 Å². The fourth-order valence-corrected chi connectivity index (χ4v) is 4.41. The second kappa shape index (κ2) is 12.4. The number of nitrogens with zero attached hydrogens (tertiary/aromatic N) is 5. The molecule has 3 heterocycles. The number of aryl methyl sites for hydroxylation is 1. The SMILES string of the molecule is CCc1ccc(-n2nc(C(C)(C)C)cc2NC(=O)NCc2ccccc2Oc2ccnc(N3CCOCC3)n2)cc1. The first-order chi connectivity index (χ1) is 19.8. The Bertz CT molecular complexity index is 1470. The Kier molecular flexibility index (Phi) is 8.49. The predicted molar refractivity (Wildman–Crippen MR) is 159 cm³/mol. The molecular formula is C31H37N7O3. The first-order valence-electron chi connectivity index (χ1n) is 14.0. The van der Waals surface area contributed by atoms with Crippen LogP contribution in [-0.2, 0) is 23.1 Å². The molecule has 1 saturated heterocycles. The van der Waals surface area contributed by atoms with E-state index in [0.717, 1.165) is 36.5 Å². The number of para-hydroxylation sites is 1. The van der Waals surface area contributed by atoms with Gasteiger partial charge in [0.05, 0.1) is 24.6 Å². The Morgan fingerprint density at radius 3 is 2.54 bits per heavy atom. The number of benzene rings is 2. The van der Waals surface area contributed by atoms with Gasteiger partial charge >= 0.3 is 6.03 Å². The molecule has 1 aliphatic heterocycles. The third-order valence-corrected chi connectivity index (χ3v) is 6.85. The molecule has 2 aromatic heterocycles. The molecule has 0 unspecified atom stereocenters. The van der Waals surface area contributed by atoms with E-state index in [2.05, 4.69) is 65.3 Å². The average Bonchev–Trinajstić information content (AvgIpc) is 3.42. The van der Waals surface area contributed by atoms with Crippen LogP contribution in [-0.4, -0.2) is 52.1 Å². The fraction of sp³-hybridized carbons (Fsp3) is 0.355. The van der Waals surface area contributed by atoms with Crippen LogP contribution in [0, 0.1) is 0 Å². The Morgan fingerprint density at radius 2 is 1.80 bits per heavy atom. The maximum atomic E-state index is 13.1. The molecule has 2 N–H and O–H groups in total. The summed E-state index contributed by atoms with van der Waals surface area (Å²) in [5.41, 5.74) is 3.64. The van der Waals surface area contributed by atoms with E-state index in [9.17, 15) is 4.79 Å². The van der Waals surface area contributed by atoms with Crippen LogP contribution >= 0.6 is 0 Å². The van der Waals surface area contributed by atoms with Crippen LogP contribution < -0.4 is 20.3 Å². The van der Waals surface area contributed by atoms with Crippen molar-refractivity contribution in [2.45, 2.75) is 46.1 Å². The zero-order valence-corrected chi connectivity index (χ0v) is 24.1. The van der Waals surface area contributed by atoms with Gasteiger partial charge in [-0.2, -0.15) is 10.1 Å². The highest BCUT2D eigenvalue weighted by molar-refractivity contribution is 5.88. The van der Waals surface area contributed by atoms with Gasteiger partial charge in [0.25, 0.3) is 0 Å². The lowest BCUT2D eigenvalue weighted by Crippen LogP contribution is -2.37. The summed E-state index contributed by atoms with van der Waals surface area (Å²) in [6.45, 7) is 11.4. The average molecular weight is 556 g/mol. The van der Waals surface area contributed by atoms with Gasteiger partial charge in [-0.1, -0.05) is 58.0 Å². The topological polar surface area (TPSA) is 106 Å². The maximum absolute atomic E-state index is 13.1. The van der Waals surface area contributed by atoms with Gasteiger partial charge in [-0.15, -0.1) is 0 Å². The van der Waals surface area contributed by atoms with Crippen molar-refractivity contribution in [3.8, 4) is 17.3 Å². The van der Waals surface area contributed by atoms with E-state index in [1.807, 2.05) is 42.5 Å². The van der Waals surface area contributed by atoms with Gasteiger partial charge in [0.1, 0.15) is 11.6 Å². The first-order valence-corrected chi connectivity index (χ1v) is 14.0. The standard InChI is InChI=1S/C31H37N7O3/c1-5-22-10-12-24(13-11-22)38-27(20-26(36-38)31(2,3)4)34-30(39)33-21-23-8-6-7-9-25(23)41-28-14-15-32-29(35-28)37-16-18-40-19-17-37/h6-15,20H,5,16-19,21H2,1-4H3,(H2,33,34,39). The van der Waals surface area contributed by atoms with Crippen LogP contribution in [0.2, 0.25) is 0 Å². The lowest BCUT2D eigenvalue weighted by Gasteiger charge is -2.26. The molecule has 1 fully saturated rings. The largest absolute Gasteiger partial charge is 0.439 e. The Balaban J connectivity index is 1.28. The highest BCUT2D eigenvalue weighted by Gasteiger charge is 2.22. The Morgan fingerprint density at radius 1 is 1.05 bits per heavy atom. The molecule has 0 radical (unpaired) electrons. The van der Waals surface area contributed by atoms with Gasteiger partial charge in [-0.3, -0.25) is 5.32 Å². The zero-order chi connectivity index (χ0) is 28.8. The van der Waals surface area contributed by atoms with Crippen LogP contribution in [0.15, 0.2) is 66.9 Å². The van der Waals surface area contributed by atoms with Gasteiger partial charge < -0.3 is 19.7 Å². The third kappa shape index (κ3) is 7.01. The second-order valence-electron chi connectivity index (χ2n) is 10.9. The van der Waals surface area contributed by atoms with E-state index in [1.54, 1.807) is 16.9 Å². The molecule has 0 saturated carbocycles. The third-order valence-electron chi connectivity index (χ3n) is 6.85. The van der Waals surface area contributed by atoms with Crippen molar-refractivity contribution in [1.82, 2.24) is 25.1 Å². The Labute approximate surface area is 240 Å². The second-order valence-corrected chi connectivity index (χ2v) is 10.9. The molecule has 214 valence electrons. The van der Waals surface area contributed by atoms with E-state index >= 15 is 0 Å². The van der Waals surface area contributed by atoms with Crippen LogP contribution in [0.25, 0.3) is 5.69 Å². The minimum Gasteiger partial charge on any atom is -0.439 e. The van der Waals surface area contributed by atoms with E-state index in [4.69, 9.17) is 14.6 Å². The number of carbonyl (C=O) groups is 1. The molecule has 0 spiro atoms. The summed E-state index contributed by atoms with van der Waals surface area (Å²) in [6.07, 6.45) is 2.64. The summed E-state index contributed by atoms with van der Waals surface area (Å²) < 4.78 is 13.3. The van der Waals surface area contributed by atoms with E-state index in [0.29, 0.717) is 36.6 Å². The predicted octanol–water partition coefficient (Wildman–Crippen LogP) is 5.47. The summed E-state index contributed by atoms with van der Waals surface area (Å²) in [5, 5.41) is 10.8. The van der Waals surface area contributed by atoms with Crippen molar-refractivity contribution >= 4 is 17.8 Å². The fourth-order valence-electron chi connectivity index (χ4n) is 4.41. The molecule has 5 rings (SSSR count). The molecule has 2 aromatic carbocycles. The number of aromatic nitrogens is 4. The number of hydrogen-bond donors (Lipinski definition) is 2. The quantitative estimate of drug-likeness (QED) is 0.297. The number of nitrogens with one attached hydrogen (secondary N) is 2. The van der Waals surface area contributed by atoms with Crippen molar-refractivity contribution in [3.05, 3.63) is 83.7 Å². The van der Waals surface area contributed by atoms with Gasteiger partial charge in [-0.05, 0) is 30.2 Å². The van der Waals surface area contributed by atoms with Crippen molar-refractivity contribution in [2.75, 3.05) is 36.5 Å². The number of carbonyl (C=O) groups excluding carboxylic acids is 1. The number of ether oxygens (including phenoxy) is 2. The minimum atomic E-state index is -0.344. The normalized spacial score (nSPS) is 13.6. The van der Waals surface area contributed by atoms with Gasteiger partial charge in [0.15, 0.2) is 0 Å². The summed E-state index contributed by atoms with van der Waals surface area (Å²) in [5.74, 6) is 2.25. The van der Waals surface area contributed by atoms with Gasteiger partial charge in [0, 0.05) is 48.9 Å². The number of anilines is 2. The van der Waals surface area contributed by atoms with Crippen molar-refractivity contribution in [3.63, 3.8) is 0 Å². The first kappa shape index (κ1) is 28.1. The van der Waals surface area contributed by atoms with Crippen molar-refractivity contribution < 1.29 is 14.3 Å². The maximum Gasteiger partial charge on any atom is 0.320 e. The highest BCUT2D eigenvalue weighted by Crippen LogP contribution is 2.27. The van der Waals surface area contributed by atoms with Crippen LogP contribution in [0.3, 0.4) is 0 Å². The molecule has 0 bridgehead atoms. The molecule has 2 amide bonds. The smallest absolute Gasteiger partial charge is 0.320 e. The van der Waals surface area contributed by atoms with Gasteiger partial charge in [-0.25, -0.2) is 14.5 Å². The molecule has 41 heavy (non-hydrogen) atoms. The minimum absolute atomic E-state index is 0.180. The van der Waals surface area contributed by atoms with Crippen molar-refractivity contribution in [1.29, 1.82) is 0 Å². The molecular weight excluding hydrogens is 518 g/mol. The Hall–Kier alpha value is -4.44. The number of rotatable bonds is 8. The van der Waals surface area contributed by atoms with E-state index in [-0.39, 0.29) is 18.0 Å². The highest BCUT2D eigenvalue weighted by atomic mass is 16.5. The monoisotopic (exact) mass is 555 g/mol. The van der Waals surface area contributed by atoms with E-state index < -0.39 is 0 Å². The summed E-state index contributed by atoms with van der Waals surface area (Å²) in [7, 11) is 0. The lowest BCUT2D eigenvalue weighted by atomic mass is 9.92. The summed E-state index contributed by atoms with van der Waals surface area (Å²) in [4.78, 5) is 24.1. The molecule has 0 atom stereocenters. The number of amides is 2. The molecule has 10 heteroatoms. The number of hydrogen-bond acceptors (Lipinski definition) is 7. The molecule has 4 aromatic rings. The van der Waals surface area contributed by atoms with Crippen molar-refractivity contribution in [2.24, 2.45) is 0 Å². The molecule has 0 aliphatic carbocycles. The van der Waals surface area contributed by atoms with Crippen LogP contribution in [0.4, 0.5) is 16.6 Å².